The minimum Gasteiger partial charge on any atom is -0.481 e. The molecule has 4 atom stereocenters. The Morgan fingerprint density at radius 3 is 2.58 bits per heavy atom. The van der Waals surface area contributed by atoms with Crippen molar-refractivity contribution in [2.75, 3.05) is 11.9 Å². The van der Waals surface area contributed by atoms with Gasteiger partial charge in [0.05, 0.1) is 11.8 Å². The van der Waals surface area contributed by atoms with E-state index in [1.54, 1.807) is 18.2 Å². The van der Waals surface area contributed by atoms with Gasteiger partial charge in [-0.05, 0) is 36.6 Å². The van der Waals surface area contributed by atoms with Gasteiger partial charge in [0.25, 0.3) is 0 Å². The second kappa shape index (κ2) is 7.97. The van der Waals surface area contributed by atoms with Crippen LogP contribution in [0.25, 0.3) is 0 Å². The van der Waals surface area contributed by atoms with Gasteiger partial charge in [-0.3, -0.25) is 29.4 Å². The normalized spacial score (nSPS) is 27.7. The Morgan fingerprint density at radius 2 is 1.85 bits per heavy atom. The lowest BCUT2D eigenvalue weighted by atomic mass is 9.76. The number of nitrogens with one attached hydrogen (secondary N) is 2. The van der Waals surface area contributed by atoms with Crippen molar-refractivity contribution in [3.8, 4) is 0 Å². The number of imide groups is 1. The summed E-state index contributed by atoms with van der Waals surface area (Å²) >= 11 is 6.22. The molecular weight excluding hydrogens is 446 g/mol. The summed E-state index contributed by atoms with van der Waals surface area (Å²) in [4.78, 5) is 52.9. The van der Waals surface area contributed by atoms with Crippen LogP contribution in [0, 0.1) is 11.8 Å². The van der Waals surface area contributed by atoms with Crippen molar-refractivity contribution in [3.05, 3.63) is 64.7 Å². The van der Waals surface area contributed by atoms with Crippen molar-refractivity contribution in [1.29, 1.82) is 0 Å². The van der Waals surface area contributed by atoms with E-state index in [0.29, 0.717) is 22.7 Å². The topological polar surface area (TPSA) is 116 Å². The summed E-state index contributed by atoms with van der Waals surface area (Å²) in [6, 6.07) is 13.8. The Labute approximate surface area is 194 Å². The molecule has 3 N–H and O–H groups in total. The van der Waals surface area contributed by atoms with Gasteiger partial charge in [-0.25, -0.2) is 0 Å². The first-order valence-electron chi connectivity index (χ1n) is 10.8. The number of amides is 3. The lowest BCUT2D eigenvalue weighted by molar-refractivity contribution is -0.143. The number of aliphatic carboxylic acids is 1. The second-order valence-corrected chi connectivity index (χ2v) is 9.14. The number of benzene rings is 2. The van der Waals surface area contributed by atoms with Crippen LogP contribution >= 0.6 is 11.6 Å². The van der Waals surface area contributed by atoms with E-state index in [-0.39, 0.29) is 25.3 Å². The van der Waals surface area contributed by atoms with Gasteiger partial charge in [0, 0.05) is 35.3 Å². The zero-order chi connectivity index (χ0) is 23.3. The van der Waals surface area contributed by atoms with E-state index in [9.17, 15) is 24.3 Å². The fraction of sp³-hybridized carbons (Fsp3) is 0.333. The molecule has 8 nitrogen and oxygen atoms in total. The van der Waals surface area contributed by atoms with Gasteiger partial charge in [-0.1, -0.05) is 41.9 Å². The summed E-state index contributed by atoms with van der Waals surface area (Å²) < 4.78 is 0. The largest absolute Gasteiger partial charge is 0.481 e. The van der Waals surface area contributed by atoms with Crippen LogP contribution in [0.5, 0.6) is 0 Å². The van der Waals surface area contributed by atoms with Crippen molar-refractivity contribution in [2.24, 2.45) is 11.8 Å². The Bertz CT molecular complexity index is 1170. The highest BCUT2D eigenvalue weighted by Gasteiger charge is 2.70. The summed E-state index contributed by atoms with van der Waals surface area (Å²) in [5, 5.41) is 15.6. The molecule has 0 aromatic heterocycles. The van der Waals surface area contributed by atoms with Gasteiger partial charge < -0.3 is 10.4 Å². The number of carbonyl (C=O) groups excluding carboxylic acids is 3. The average molecular weight is 468 g/mol. The Hall–Kier alpha value is -3.23. The molecule has 5 rings (SSSR count). The molecule has 2 aromatic carbocycles. The molecule has 0 radical (unpaired) electrons. The number of hydrogen-bond acceptors (Lipinski definition) is 5. The molecule has 3 aliphatic heterocycles. The first-order valence-corrected chi connectivity index (χ1v) is 11.2. The van der Waals surface area contributed by atoms with Gasteiger partial charge in [0.2, 0.25) is 17.7 Å². The number of hydrogen-bond donors (Lipinski definition) is 3. The SMILES string of the molecule is O=C(O)CC[C@H]1N[C@@]2(C(=O)Nc3ccc(Cl)cc32)[C@@H]2C(=O)N(CCc3ccccc3)C(=O)[C@H]21. The number of halogens is 1. The van der Waals surface area contributed by atoms with E-state index in [1.807, 2.05) is 30.3 Å². The Balaban J connectivity index is 1.53. The Kier molecular flexibility index (Phi) is 5.22. The van der Waals surface area contributed by atoms with Crippen molar-refractivity contribution in [2.45, 2.75) is 30.8 Å². The minimum atomic E-state index is -1.47. The molecule has 0 saturated carbocycles. The van der Waals surface area contributed by atoms with Crippen LogP contribution in [0.4, 0.5) is 5.69 Å². The smallest absolute Gasteiger partial charge is 0.303 e. The maximum Gasteiger partial charge on any atom is 0.303 e. The van der Waals surface area contributed by atoms with Crippen LogP contribution in [-0.4, -0.2) is 46.3 Å². The number of fused-ring (bicyclic) bond motifs is 4. The monoisotopic (exact) mass is 467 g/mol. The Morgan fingerprint density at radius 1 is 1.09 bits per heavy atom. The number of carboxylic acid groups (broad SMARTS) is 1. The van der Waals surface area contributed by atoms with E-state index in [0.717, 1.165) is 5.56 Å². The number of rotatable bonds is 6. The molecule has 3 aliphatic rings. The van der Waals surface area contributed by atoms with Gasteiger partial charge in [0.1, 0.15) is 5.54 Å². The average Bonchev–Trinajstić information content (AvgIpc) is 3.37. The van der Waals surface area contributed by atoms with Crippen LogP contribution in [0.1, 0.15) is 24.0 Å². The van der Waals surface area contributed by atoms with E-state index < -0.39 is 41.2 Å². The molecule has 33 heavy (non-hydrogen) atoms. The van der Waals surface area contributed by atoms with Gasteiger partial charge in [0.15, 0.2) is 0 Å². The lowest BCUT2D eigenvalue weighted by Crippen LogP contribution is -2.53. The van der Waals surface area contributed by atoms with Crippen LogP contribution in [0.15, 0.2) is 48.5 Å². The minimum absolute atomic E-state index is 0.118. The van der Waals surface area contributed by atoms with Gasteiger partial charge in [-0.2, -0.15) is 0 Å². The highest BCUT2D eigenvalue weighted by atomic mass is 35.5. The first-order chi connectivity index (χ1) is 15.8. The fourth-order valence-corrected chi connectivity index (χ4v) is 5.64. The summed E-state index contributed by atoms with van der Waals surface area (Å²) in [5.74, 6) is -4.04. The molecule has 2 saturated heterocycles. The molecule has 3 heterocycles. The third-order valence-electron chi connectivity index (χ3n) is 6.90. The summed E-state index contributed by atoms with van der Waals surface area (Å²) in [7, 11) is 0. The molecular formula is C24H22ClN3O5. The maximum atomic E-state index is 13.6. The van der Waals surface area contributed by atoms with Gasteiger partial charge >= 0.3 is 5.97 Å². The molecule has 2 fully saturated rings. The fourth-order valence-electron chi connectivity index (χ4n) is 5.47. The number of anilines is 1. The summed E-state index contributed by atoms with van der Waals surface area (Å²) in [5.41, 5.74) is 0.556. The summed E-state index contributed by atoms with van der Waals surface area (Å²) in [6.07, 6.45) is 0.423. The van der Waals surface area contributed by atoms with E-state index in [2.05, 4.69) is 10.6 Å². The molecule has 0 unspecified atom stereocenters. The zero-order valence-corrected chi connectivity index (χ0v) is 18.3. The number of nitrogens with zero attached hydrogens (tertiary/aromatic N) is 1. The molecule has 1 spiro atoms. The van der Waals surface area contributed by atoms with Crippen LogP contribution < -0.4 is 10.6 Å². The van der Waals surface area contributed by atoms with Crippen molar-refractivity contribution < 1.29 is 24.3 Å². The third kappa shape index (κ3) is 3.32. The van der Waals surface area contributed by atoms with E-state index in [4.69, 9.17) is 11.6 Å². The molecule has 3 amide bonds. The van der Waals surface area contributed by atoms with Crippen LogP contribution in [-0.2, 0) is 31.1 Å². The van der Waals surface area contributed by atoms with Crippen LogP contribution in [0.3, 0.4) is 0 Å². The predicted molar refractivity (Wildman–Crippen MR) is 119 cm³/mol. The molecule has 2 aromatic rings. The lowest BCUT2D eigenvalue weighted by Gasteiger charge is -2.29. The third-order valence-corrected chi connectivity index (χ3v) is 7.14. The highest BCUT2D eigenvalue weighted by Crippen LogP contribution is 2.53. The van der Waals surface area contributed by atoms with Crippen molar-refractivity contribution in [1.82, 2.24) is 10.2 Å². The van der Waals surface area contributed by atoms with E-state index in [1.165, 1.54) is 4.90 Å². The molecule has 0 bridgehead atoms. The molecule has 9 heteroatoms. The number of likely N-dealkylation sites (tertiary alicyclic amines) is 1. The molecule has 170 valence electrons. The maximum absolute atomic E-state index is 13.6. The standard InChI is InChI=1S/C24H22ClN3O5/c25-14-6-7-16-15(12-14)24(23(33)26-16)20-19(17(27-24)8-9-18(29)30)21(31)28(22(20)32)11-10-13-4-2-1-3-5-13/h1-7,12,17,19-20,27H,8-11H2,(H,26,33)(H,29,30)/t17-,19+,20+,24-/m1/s1. The quantitative estimate of drug-likeness (QED) is 0.561. The highest BCUT2D eigenvalue weighted by molar-refractivity contribution is 6.31. The van der Waals surface area contributed by atoms with Crippen LogP contribution in [0.2, 0.25) is 5.02 Å². The van der Waals surface area contributed by atoms with Crippen molar-refractivity contribution in [3.63, 3.8) is 0 Å². The molecule has 0 aliphatic carbocycles. The van der Waals surface area contributed by atoms with E-state index >= 15 is 0 Å². The summed E-state index contributed by atoms with van der Waals surface area (Å²) in [6.45, 7) is 0.195. The predicted octanol–water partition coefficient (Wildman–Crippen LogP) is 2.17. The number of carbonyl (C=O) groups is 4. The zero-order valence-electron chi connectivity index (χ0n) is 17.6. The first kappa shape index (κ1) is 21.6. The van der Waals surface area contributed by atoms with Crippen molar-refractivity contribution >= 4 is 41.0 Å². The number of carboxylic acids is 1. The second-order valence-electron chi connectivity index (χ2n) is 8.70. The van der Waals surface area contributed by atoms with Gasteiger partial charge in [-0.15, -0.1) is 0 Å².